The van der Waals surface area contributed by atoms with E-state index in [2.05, 4.69) is 30.2 Å². The number of aliphatic hydroxyl groups excluding tert-OH is 1. The molecular weight excluding hydrogens is 308 g/mol. The minimum absolute atomic E-state index is 0.139. The van der Waals surface area contributed by atoms with Gasteiger partial charge in [-0.15, -0.1) is 0 Å². The highest BCUT2D eigenvalue weighted by molar-refractivity contribution is 5.43. The second-order valence-corrected chi connectivity index (χ2v) is 5.98. The van der Waals surface area contributed by atoms with Gasteiger partial charge in [-0.25, -0.2) is 9.97 Å². The molecule has 1 saturated heterocycles. The fourth-order valence-electron chi connectivity index (χ4n) is 2.85. The quantitative estimate of drug-likeness (QED) is 0.732. The summed E-state index contributed by atoms with van der Waals surface area (Å²) in [5.41, 5.74) is 0.596. The summed E-state index contributed by atoms with van der Waals surface area (Å²) in [6.45, 7) is 3.84. The molecule has 2 aromatic heterocycles. The van der Waals surface area contributed by atoms with Gasteiger partial charge in [0.1, 0.15) is 11.6 Å². The van der Waals surface area contributed by atoms with E-state index in [0.717, 1.165) is 30.9 Å². The van der Waals surface area contributed by atoms with Crippen molar-refractivity contribution in [2.45, 2.75) is 32.3 Å². The molecule has 1 fully saturated rings. The molecule has 3 N–H and O–H groups in total. The van der Waals surface area contributed by atoms with Gasteiger partial charge in [-0.3, -0.25) is 4.79 Å². The predicted octanol–water partition coefficient (Wildman–Crippen LogP) is 0.484. The lowest BCUT2D eigenvalue weighted by Gasteiger charge is -2.31. The van der Waals surface area contributed by atoms with Crippen molar-refractivity contribution >= 4 is 11.8 Å². The van der Waals surface area contributed by atoms with Crippen LogP contribution >= 0.6 is 0 Å². The lowest BCUT2D eigenvalue weighted by atomic mass is 10.1. The van der Waals surface area contributed by atoms with Crippen LogP contribution in [0.5, 0.6) is 0 Å². The fourth-order valence-corrected chi connectivity index (χ4v) is 2.85. The molecule has 0 aromatic carbocycles. The van der Waals surface area contributed by atoms with E-state index in [-0.39, 0.29) is 11.7 Å². The minimum atomic E-state index is -0.296. The van der Waals surface area contributed by atoms with Crippen molar-refractivity contribution in [2.75, 3.05) is 29.9 Å². The first-order valence-electron chi connectivity index (χ1n) is 8.17. The number of aromatic amines is 1. The van der Waals surface area contributed by atoms with Crippen molar-refractivity contribution < 1.29 is 5.11 Å². The molecule has 0 spiro atoms. The van der Waals surface area contributed by atoms with Crippen LogP contribution in [0.15, 0.2) is 23.1 Å². The monoisotopic (exact) mass is 330 g/mol. The van der Waals surface area contributed by atoms with Crippen molar-refractivity contribution in [2.24, 2.45) is 0 Å². The smallest absolute Gasteiger partial charge is 0.251 e. The Morgan fingerprint density at radius 2 is 2.33 bits per heavy atom. The molecule has 0 aliphatic carbocycles. The molecular formula is C16H22N6O2. The molecule has 1 aliphatic rings. The third-order valence-corrected chi connectivity index (χ3v) is 3.94. The van der Waals surface area contributed by atoms with E-state index in [0.29, 0.717) is 31.3 Å². The zero-order valence-electron chi connectivity index (χ0n) is 13.7. The van der Waals surface area contributed by atoms with Crippen LogP contribution in [-0.2, 0) is 6.42 Å². The van der Waals surface area contributed by atoms with Crippen LogP contribution < -0.4 is 15.8 Å². The van der Waals surface area contributed by atoms with E-state index in [1.165, 1.54) is 6.07 Å². The summed E-state index contributed by atoms with van der Waals surface area (Å²) < 4.78 is 0. The molecule has 3 heterocycles. The maximum Gasteiger partial charge on any atom is 0.251 e. The lowest BCUT2D eigenvalue weighted by Crippen LogP contribution is -2.38. The zero-order chi connectivity index (χ0) is 16.9. The molecule has 0 unspecified atom stereocenters. The summed E-state index contributed by atoms with van der Waals surface area (Å²) in [6.07, 6.45) is 3.83. The number of hydrogen-bond acceptors (Lipinski definition) is 7. The number of aliphatic hydroxyl groups is 1. The van der Waals surface area contributed by atoms with Gasteiger partial charge in [0, 0.05) is 44.0 Å². The minimum Gasteiger partial charge on any atom is -0.391 e. The third kappa shape index (κ3) is 4.29. The highest BCUT2D eigenvalue weighted by atomic mass is 16.3. The number of anilines is 2. The molecule has 0 saturated carbocycles. The first-order chi connectivity index (χ1) is 11.6. The Hall–Kier alpha value is -2.48. The zero-order valence-corrected chi connectivity index (χ0v) is 13.7. The number of rotatable bonds is 5. The van der Waals surface area contributed by atoms with Gasteiger partial charge < -0.3 is 20.3 Å². The number of H-pyrrole nitrogens is 1. The number of nitrogens with one attached hydrogen (secondary N) is 2. The van der Waals surface area contributed by atoms with Crippen LogP contribution in [-0.4, -0.2) is 50.8 Å². The van der Waals surface area contributed by atoms with E-state index in [4.69, 9.17) is 0 Å². The standard InChI is InChI=1S/C16H22N6O2/c1-11-19-12(9-15(24)20-11)4-6-17-16-18-7-5-14(21-16)22-8-2-3-13(23)10-22/h5,7,9,13,23H,2-4,6,8,10H2,1H3,(H,17,18,21)(H,19,20,24)/t13-/m1/s1. The summed E-state index contributed by atoms with van der Waals surface area (Å²) >= 11 is 0. The molecule has 1 aliphatic heterocycles. The maximum absolute atomic E-state index is 11.4. The molecule has 1 atom stereocenters. The third-order valence-electron chi connectivity index (χ3n) is 3.94. The number of nitrogens with zero attached hydrogens (tertiary/aromatic N) is 4. The van der Waals surface area contributed by atoms with Gasteiger partial charge in [-0.2, -0.15) is 4.98 Å². The van der Waals surface area contributed by atoms with Gasteiger partial charge in [0.2, 0.25) is 5.95 Å². The van der Waals surface area contributed by atoms with Crippen LogP contribution in [0.4, 0.5) is 11.8 Å². The molecule has 24 heavy (non-hydrogen) atoms. The largest absolute Gasteiger partial charge is 0.391 e. The van der Waals surface area contributed by atoms with Crippen LogP contribution in [0.1, 0.15) is 24.4 Å². The highest BCUT2D eigenvalue weighted by Gasteiger charge is 2.19. The Bertz CT molecular complexity index is 747. The molecule has 8 heteroatoms. The summed E-state index contributed by atoms with van der Waals surface area (Å²) in [5, 5.41) is 12.9. The Morgan fingerprint density at radius 3 is 3.12 bits per heavy atom. The van der Waals surface area contributed by atoms with Gasteiger partial charge in [0.15, 0.2) is 0 Å². The van der Waals surface area contributed by atoms with Crippen molar-refractivity contribution in [3.63, 3.8) is 0 Å². The van der Waals surface area contributed by atoms with Crippen molar-refractivity contribution in [3.05, 3.63) is 40.2 Å². The summed E-state index contributed by atoms with van der Waals surface area (Å²) in [7, 11) is 0. The Balaban J connectivity index is 1.59. The average Bonchev–Trinajstić information content (AvgIpc) is 2.54. The van der Waals surface area contributed by atoms with E-state index < -0.39 is 0 Å². The number of aryl methyl sites for hydroxylation is 1. The Morgan fingerprint density at radius 1 is 1.46 bits per heavy atom. The van der Waals surface area contributed by atoms with Crippen molar-refractivity contribution in [3.8, 4) is 0 Å². The van der Waals surface area contributed by atoms with E-state index >= 15 is 0 Å². The van der Waals surface area contributed by atoms with E-state index in [1.807, 2.05) is 6.07 Å². The van der Waals surface area contributed by atoms with Gasteiger partial charge in [0.05, 0.1) is 6.10 Å². The SMILES string of the molecule is Cc1nc(CCNc2nccc(N3CCC[C@@H](O)C3)n2)cc(=O)[nH]1. The van der Waals surface area contributed by atoms with Gasteiger partial charge in [-0.05, 0) is 25.8 Å². The van der Waals surface area contributed by atoms with Gasteiger partial charge in [0.25, 0.3) is 5.56 Å². The van der Waals surface area contributed by atoms with E-state index in [9.17, 15) is 9.90 Å². The Labute approximate surface area is 140 Å². The lowest BCUT2D eigenvalue weighted by molar-refractivity contribution is 0.154. The molecule has 8 nitrogen and oxygen atoms in total. The van der Waals surface area contributed by atoms with Crippen LogP contribution in [0, 0.1) is 6.92 Å². The highest BCUT2D eigenvalue weighted by Crippen LogP contribution is 2.18. The molecule has 0 radical (unpaired) electrons. The molecule has 0 amide bonds. The molecule has 128 valence electrons. The van der Waals surface area contributed by atoms with Crippen molar-refractivity contribution in [1.29, 1.82) is 0 Å². The summed E-state index contributed by atoms with van der Waals surface area (Å²) in [5.74, 6) is 1.96. The Kier molecular flexibility index (Phi) is 5.05. The van der Waals surface area contributed by atoms with E-state index in [1.54, 1.807) is 13.1 Å². The average molecular weight is 330 g/mol. The van der Waals surface area contributed by atoms with Gasteiger partial charge >= 0.3 is 0 Å². The predicted molar refractivity (Wildman–Crippen MR) is 91.3 cm³/mol. The maximum atomic E-state index is 11.4. The van der Waals surface area contributed by atoms with Crippen LogP contribution in [0.2, 0.25) is 0 Å². The molecule has 0 bridgehead atoms. The number of piperidine rings is 1. The number of β-amino-alcohol motifs (C(OH)–C–C–N with tert-alkyl or cyclic N) is 1. The van der Waals surface area contributed by atoms with Gasteiger partial charge in [-0.1, -0.05) is 0 Å². The first kappa shape index (κ1) is 16.4. The second-order valence-electron chi connectivity index (χ2n) is 5.98. The topological polar surface area (TPSA) is 107 Å². The summed E-state index contributed by atoms with van der Waals surface area (Å²) in [4.78, 5) is 29.1. The van der Waals surface area contributed by atoms with Crippen LogP contribution in [0.3, 0.4) is 0 Å². The van der Waals surface area contributed by atoms with Crippen molar-refractivity contribution in [1.82, 2.24) is 19.9 Å². The number of aromatic nitrogens is 4. The number of hydrogen-bond donors (Lipinski definition) is 3. The normalized spacial score (nSPS) is 17.8. The first-order valence-corrected chi connectivity index (χ1v) is 8.17. The molecule has 3 rings (SSSR count). The second kappa shape index (κ2) is 7.39. The summed E-state index contributed by atoms with van der Waals surface area (Å²) in [6, 6.07) is 3.35. The fraction of sp³-hybridized carbons (Fsp3) is 0.500. The molecule has 2 aromatic rings. The van der Waals surface area contributed by atoms with Crippen LogP contribution in [0.25, 0.3) is 0 Å².